The van der Waals surface area contributed by atoms with E-state index < -0.39 is 45.3 Å². The molecule has 2 N–H and O–H groups in total. The summed E-state index contributed by atoms with van der Waals surface area (Å²) in [4.78, 5) is 35.0. The summed E-state index contributed by atoms with van der Waals surface area (Å²) in [5.41, 5.74) is -0.217. The van der Waals surface area contributed by atoms with Crippen LogP contribution in [0.15, 0.2) is 23.1 Å². The first kappa shape index (κ1) is 24.7. The Hall–Kier alpha value is -2.53. The molecule has 0 aromatic heterocycles. The summed E-state index contributed by atoms with van der Waals surface area (Å²) in [5.74, 6) is -2.45. The molecule has 9 nitrogen and oxygen atoms in total. The van der Waals surface area contributed by atoms with Gasteiger partial charge in [-0.2, -0.15) is 4.31 Å². The Balaban J connectivity index is 1.96. The smallest absolute Gasteiger partial charge is 0.338 e. The van der Waals surface area contributed by atoms with Crippen molar-refractivity contribution in [2.24, 2.45) is 5.92 Å². The van der Waals surface area contributed by atoms with Gasteiger partial charge < -0.3 is 10.1 Å². The molecule has 0 radical (unpaired) electrons. The predicted octanol–water partition coefficient (Wildman–Crippen LogP) is 2.03. The van der Waals surface area contributed by atoms with E-state index in [1.807, 2.05) is 19.2 Å². The van der Waals surface area contributed by atoms with Gasteiger partial charge in [-0.25, -0.2) is 22.4 Å². The van der Waals surface area contributed by atoms with Gasteiger partial charge in [-0.15, -0.1) is 0 Å². The third-order valence-corrected chi connectivity index (χ3v) is 6.61. The van der Waals surface area contributed by atoms with Crippen LogP contribution in [0, 0.1) is 11.7 Å². The van der Waals surface area contributed by atoms with Crippen LogP contribution in [0.4, 0.5) is 9.18 Å². The zero-order valence-corrected chi connectivity index (χ0v) is 18.5. The van der Waals surface area contributed by atoms with E-state index in [0.29, 0.717) is 25.3 Å². The molecule has 1 aromatic carbocycles. The second kappa shape index (κ2) is 11.2. The topological polar surface area (TPSA) is 122 Å². The van der Waals surface area contributed by atoms with Crippen LogP contribution in [0.3, 0.4) is 0 Å². The molecule has 1 fully saturated rings. The highest BCUT2D eigenvalue weighted by atomic mass is 32.2. The second-order valence-electron chi connectivity index (χ2n) is 7.67. The molecule has 2 rings (SSSR count). The third kappa shape index (κ3) is 7.28. The van der Waals surface area contributed by atoms with Crippen LogP contribution in [-0.4, -0.2) is 56.9 Å². The first-order valence-corrected chi connectivity index (χ1v) is 11.6. The quantitative estimate of drug-likeness (QED) is 0.576. The molecule has 1 saturated heterocycles. The Bertz CT molecular complexity index is 913. The molecule has 0 unspecified atom stereocenters. The number of esters is 1. The van der Waals surface area contributed by atoms with E-state index >= 15 is 0 Å². The summed E-state index contributed by atoms with van der Waals surface area (Å²) in [6.45, 7) is 4.19. The van der Waals surface area contributed by atoms with Crippen LogP contribution in [0.25, 0.3) is 0 Å². The molecule has 11 heteroatoms. The fourth-order valence-corrected chi connectivity index (χ4v) is 4.58. The minimum absolute atomic E-state index is 0.217. The number of nitrogens with zero attached hydrogens (tertiary/aromatic N) is 1. The number of sulfonamides is 1. The van der Waals surface area contributed by atoms with Crippen molar-refractivity contribution in [2.45, 2.75) is 44.4 Å². The van der Waals surface area contributed by atoms with E-state index in [0.717, 1.165) is 31.0 Å². The molecule has 31 heavy (non-hydrogen) atoms. The van der Waals surface area contributed by atoms with Crippen molar-refractivity contribution in [1.29, 1.82) is 0 Å². The number of ether oxygens (including phenoxy) is 1. The van der Waals surface area contributed by atoms with Gasteiger partial charge in [-0.1, -0.05) is 20.3 Å². The van der Waals surface area contributed by atoms with Crippen molar-refractivity contribution in [3.05, 3.63) is 29.6 Å². The van der Waals surface area contributed by atoms with Gasteiger partial charge >= 0.3 is 12.0 Å². The fourth-order valence-electron chi connectivity index (χ4n) is 2.97. The molecule has 1 aliphatic rings. The molecule has 0 bridgehead atoms. The van der Waals surface area contributed by atoms with E-state index in [2.05, 4.69) is 5.32 Å². The van der Waals surface area contributed by atoms with E-state index in [4.69, 9.17) is 4.74 Å². The second-order valence-corrected chi connectivity index (χ2v) is 9.58. The lowest BCUT2D eigenvalue weighted by molar-refractivity contribution is -0.123. The summed E-state index contributed by atoms with van der Waals surface area (Å²) >= 11 is 0. The first-order valence-electron chi connectivity index (χ1n) is 10.2. The lowest BCUT2D eigenvalue weighted by atomic mass is 10.1. The van der Waals surface area contributed by atoms with Gasteiger partial charge in [-0.05, 0) is 43.4 Å². The molecule has 1 heterocycles. The average Bonchev–Trinajstić information content (AvgIpc) is 2.72. The molecular formula is C20H28FN3O6S. The van der Waals surface area contributed by atoms with Crippen molar-refractivity contribution in [1.82, 2.24) is 14.9 Å². The number of amides is 3. The van der Waals surface area contributed by atoms with Gasteiger partial charge in [0.1, 0.15) is 10.7 Å². The molecular weight excluding hydrogens is 429 g/mol. The zero-order valence-electron chi connectivity index (χ0n) is 17.6. The summed E-state index contributed by atoms with van der Waals surface area (Å²) in [5, 5.41) is 4.52. The van der Waals surface area contributed by atoms with Crippen LogP contribution in [-0.2, 0) is 19.6 Å². The largest absolute Gasteiger partial charge is 0.452 e. The molecule has 1 aliphatic heterocycles. The monoisotopic (exact) mass is 457 g/mol. The Morgan fingerprint density at radius 3 is 2.48 bits per heavy atom. The molecule has 172 valence electrons. The maximum absolute atomic E-state index is 14.2. The van der Waals surface area contributed by atoms with Crippen LogP contribution in [0.2, 0.25) is 0 Å². The summed E-state index contributed by atoms with van der Waals surface area (Å²) < 4.78 is 45.7. The normalized spacial score (nSPS) is 14.8. The summed E-state index contributed by atoms with van der Waals surface area (Å²) in [6.07, 6.45) is 3.01. The summed E-state index contributed by atoms with van der Waals surface area (Å²) in [7, 11) is -4.09. The van der Waals surface area contributed by atoms with Crippen molar-refractivity contribution >= 4 is 27.9 Å². The number of imide groups is 1. The minimum Gasteiger partial charge on any atom is -0.452 e. The van der Waals surface area contributed by atoms with Crippen molar-refractivity contribution in [2.75, 3.05) is 26.2 Å². The molecule has 1 aromatic rings. The third-order valence-electron chi connectivity index (χ3n) is 4.69. The number of carbonyl (C=O) groups excluding carboxylic acids is 3. The van der Waals surface area contributed by atoms with Gasteiger partial charge in [0.15, 0.2) is 6.61 Å². The lowest BCUT2D eigenvalue weighted by Crippen LogP contribution is -2.42. The van der Waals surface area contributed by atoms with E-state index in [-0.39, 0.29) is 18.7 Å². The number of nitrogens with one attached hydrogen (secondary N) is 2. The Labute approximate surface area is 181 Å². The first-order chi connectivity index (χ1) is 14.6. The standard InChI is InChI=1S/C20H28FN3O6S/c1-14(2)8-9-22-20(27)23-18(25)13-30-19(26)15-6-7-16(21)17(12-15)31(28,29)24-10-4-3-5-11-24/h6-7,12,14H,3-5,8-11,13H2,1-2H3,(H2,22,23,25,27). The van der Waals surface area contributed by atoms with Gasteiger partial charge in [0.05, 0.1) is 5.56 Å². The Morgan fingerprint density at radius 1 is 1.16 bits per heavy atom. The minimum atomic E-state index is -4.09. The maximum Gasteiger partial charge on any atom is 0.338 e. The number of rotatable bonds is 8. The van der Waals surface area contributed by atoms with Gasteiger partial charge in [0.25, 0.3) is 5.91 Å². The highest BCUT2D eigenvalue weighted by Crippen LogP contribution is 2.24. The van der Waals surface area contributed by atoms with E-state index in [1.54, 1.807) is 0 Å². The number of hydrogen-bond donors (Lipinski definition) is 2. The number of hydrogen-bond acceptors (Lipinski definition) is 6. The number of benzene rings is 1. The van der Waals surface area contributed by atoms with Crippen LogP contribution >= 0.6 is 0 Å². The predicted molar refractivity (Wildman–Crippen MR) is 110 cm³/mol. The van der Waals surface area contributed by atoms with Crippen LogP contribution < -0.4 is 10.6 Å². The highest BCUT2D eigenvalue weighted by Gasteiger charge is 2.29. The number of piperidine rings is 1. The van der Waals surface area contributed by atoms with Crippen LogP contribution in [0.1, 0.15) is 49.9 Å². The van der Waals surface area contributed by atoms with Crippen molar-refractivity contribution in [3.63, 3.8) is 0 Å². The molecule has 0 aliphatic carbocycles. The number of urea groups is 1. The summed E-state index contributed by atoms with van der Waals surface area (Å²) in [6, 6.07) is 2.13. The van der Waals surface area contributed by atoms with Gasteiger partial charge in [0.2, 0.25) is 10.0 Å². The van der Waals surface area contributed by atoms with Crippen molar-refractivity contribution < 1.29 is 31.9 Å². The fraction of sp³-hybridized carbons (Fsp3) is 0.550. The van der Waals surface area contributed by atoms with E-state index in [1.165, 1.54) is 4.31 Å². The maximum atomic E-state index is 14.2. The molecule has 3 amide bonds. The molecule has 0 atom stereocenters. The average molecular weight is 458 g/mol. The van der Waals surface area contributed by atoms with Crippen molar-refractivity contribution in [3.8, 4) is 0 Å². The van der Waals surface area contributed by atoms with E-state index in [9.17, 15) is 27.2 Å². The van der Waals surface area contributed by atoms with Gasteiger partial charge in [0, 0.05) is 19.6 Å². The number of carbonyl (C=O) groups is 3. The SMILES string of the molecule is CC(C)CCNC(=O)NC(=O)COC(=O)c1ccc(F)c(S(=O)(=O)N2CCCCC2)c1. The Kier molecular flexibility index (Phi) is 8.93. The molecule has 0 saturated carbocycles. The van der Waals surface area contributed by atoms with Gasteiger partial charge in [-0.3, -0.25) is 10.1 Å². The Morgan fingerprint density at radius 2 is 1.84 bits per heavy atom. The lowest BCUT2D eigenvalue weighted by Gasteiger charge is -2.26. The zero-order chi connectivity index (χ0) is 23.0. The molecule has 0 spiro atoms. The number of halogens is 1. The van der Waals surface area contributed by atoms with Crippen LogP contribution in [0.5, 0.6) is 0 Å². The highest BCUT2D eigenvalue weighted by molar-refractivity contribution is 7.89.